The topological polar surface area (TPSA) is 458 Å². The fourth-order valence-electron chi connectivity index (χ4n) is 14.1. The van der Waals surface area contributed by atoms with Crippen molar-refractivity contribution in [2.75, 3.05) is 34.0 Å². The maximum Gasteiger partial charge on any atom is 0.330 e. The number of esters is 2. The Bertz CT molecular complexity index is 2250. The Labute approximate surface area is 514 Å². The van der Waals surface area contributed by atoms with Crippen molar-refractivity contribution in [2.45, 2.75) is 274 Å². The predicted molar refractivity (Wildman–Crippen MR) is 295 cm³/mol. The molecular weight excluding hydrogens is 1190 g/mol. The zero-order valence-electron chi connectivity index (χ0n) is 50.1. The Balaban J connectivity index is 0.765. The van der Waals surface area contributed by atoms with E-state index in [9.17, 15) is 86.2 Å². The molecule has 510 valence electrons. The van der Waals surface area contributed by atoms with Crippen molar-refractivity contribution in [3.63, 3.8) is 0 Å². The van der Waals surface area contributed by atoms with Crippen LogP contribution in [0.4, 0.5) is 0 Å². The van der Waals surface area contributed by atoms with Gasteiger partial charge in [0.05, 0.1) is 74.3 Å². The lowest BCUT2D eigenvalue weighted by Gasteiger charge is -2.53. The Morgan fingerprint density at radius 3 is 1.54 bits per heavy atom. The van der Waals surface area contributed by atoms with Gasteiger partial charge in [-0.15, -0.1) is 0 Å². The van der Waals surface area contributed by atoms with Gasteiger partial charge < -0.3 is 138 Å². The van der Waals surface area contributed by atoms with Crippen LogP contribution >= 0.6 is 0 Å². The van der Waals surface area contributed by atoms with Gasteiger partial charge in [0, 0.05) is 38.7 Å². The van der Waals surface area contributed by atoms with Crippen LogP contribution in [0.5, 0.6) is 0 Å². The molecule has 4 saturated carbocycles. The van der Waals surface area contributed by atoms with Crippen molar-refractivity contribution in [3.8, 4) is 0 Å². The van der Waals surface area contributed by atoms with Crippen molar-refractivity contribution < 1.29 is 148 Å². The van der Waals surface area contributed by atoms with Crippen LogP contribution < -0.4 is 0 Å². The maximum atomic E-state index is 13.2. The lowest BCUT2D eigenvalue weighted by Crippen LogP contribution is -2.64. The van der Waals surface area contributed by atoms with Crippen molar-refractivity contribution in [1.82, 2.24) is 0 Å². The first kappa shape index (κ1) is 70.7. The fourth-order valence-corrected chi connectivity index (χ4v) is 14.1. The highest BCUT2D eigenvalue weighted by atomic mass is 16.7. The number of allylic oxidation sites excluding steroid dienone is 2. The summed E-state index contributed by atoms with van der Waals surface area (Å²) in [7, 11) is 2.87. The second-order valence-corrected chi connectivity index (χ2v) is 25.5. The van der Waals surface area contributed by atoms with Gasteiger partial charge in [0.2, 0.25) is 0 Å². The summed E-state index contributed by atoms with van der Waals surface area (Å²) in [5.74, 6) is -2.64. The van der Waals surface area contributed by atoms with Gasteiger partial charge >= 0.3 is 11.9 Å². The largest absolute Gasteiger partial charge is 0.460 e. The molecule has 4 aliphatic carbocycles. The van der Waals surface area contributed by atoms with Crippen LogP contribution in [0.3, 0.4) is 0 Å². The minimum Gasteiger partial charge on any atom is -0.460 e. The summed E-state index contributed by atoms with van der Waals surface area (Å²) in [5.41, 5.74) is 0. The number of rotatable bonds is 20. The summed E-state index contributed by atoms with van der Waals surface area (Å²) in [6, 6.07) is 0. The van der Waals surface area contributed by atoms with Gasteiger partial charge in [-0.1, -0.05) is 12.2 Å². The van der Waals surface area contributed by atoms with Gasteiger partial charge in [-0.05, 0) is 102 Å². The van der Waals surface area contributed by atoms with Crippen molar-refractivity contribution >= 4 is 11.9 Å². The van der Waals surface area contributed by atoms with Crippen LogP contribution in [-0.4, -0.2) is 306 Å². The first-order valence-electron chi connectivity index (χ1n) is 31.2. The molecule has 8 unspecified atom stereocenters. The molecule has 5 saturated heterocycles. The Kier molecular flexibility index (Phi) is 25.2. The Morgan fingerprint density at radius 2 is 0.966 bits per heavy atom. The zero-order chi connectivity index (χ0) is 64.1. The van der Waals surface area contributed by atoms with Gasteiger partial charge in [-0.3, -0.25) is 0 Å². The molecule has 15 N–H and O–H groups in total. The average molecular weight is 1280 g/mol. The van der Waals surface area contributed by atoms with Crippen LogP contribution in [-0.2, 0) is 71.2 Å². The molecule has 5 heterocycles. The van der Waals surface area contributed by atoms with E-state index in [1.54, 1.807) is 12.2 Å². The van der Waals surface area contributed by atoms with E-state index < -0.39 is 221 Å². The van der Waals surface area contributed by atoms with Gasteiger partial charge in [0.1, 0.15) is 98.2 Å². The minimum atomic E-state index is -1.90. The van der Waals surface area contributed by atoms with Gasteiger partial charge in [-0.2, -0.15) is 0 Å². The number of carbonyl (C=O) groups excluding carboxylic acids is 2. The quantitative estimate of drug-likeness (QED) is 0.0401. The molecule has 28 atom stereocenters. The van der Waals surface area contributed by atoms with Crippen molar-refractivity contribution in [2.24, 2.45) is 23.7 Å². The van der Waals surface area contributed by atoms with E-state index in [0.29, 0.717) is 38.5 Å². The molecule has 30 heteroatoms. The molecule has 9 fully saturated rings. The molecule has 5 aliphatic heterocycles. The van der Waals surface area contributed by atoms with Gasteiger partial charge in [0.25, 0.3) is 0 Å². The van der Waals surface area contributed by atoms with E-state index in [-0.39, 0.29) is 50.0 Å². The second-order valence-electron chi connectivity index (χ2n) is 25.5. The normalized spacial score (nSPS) is 49.3. The molecule has 0 aromatic heterocycles. The summed E-state index contributed by atoms with van der Waals surface area (Å²) < 4.78 is 77.0. The summed E-state index contributed by atoms with van der Waals surface area (Å²) >= 11 is 0. The molecule has 0 bridgehead atoms. The van der Waals surface area contributed by atoms with E-state index in [2.05, 4.69) is 0 Å². The van der Waals surface area contributed by atoms with E-state index in [0.717, 1.165) is 12.8 Å². The summed E-state index contributed by atoms with van der Waals surface area (Å²) in [6.07, 6.45) is -28.4. The number of ether oxygens (including phenoxy) is 13. The molecule has 30 nitrogen and oxygen atoms in total. The lowest BCUT2D eigenvalue weighted by molar-refractivity contribution is -0.352. The molecule has 0 amide bonds. The number of hydrogen-bond donors (Lipinski definition) is 15. The fraction of sp³-hybridized carbons (Fsp3) is 0.898. The third kappa shape index (κ3) is 16.9. The van der Waals surface area contributed by atoms with E-state index in [1.807, 2.05) is 0 Å². The monoisotopic (exact) mass is 1280 g/mol. The average Bonchev–Trinajstić information content (AvgIpc) is 1.16. The van der Waals surface area contributed by atoms with Crippen molar-refractivity contribution in [3.05, 3.63) is 24.3 Å². The maximum absolute atomic E-state index is 13.2. The molecule has 89 heavy (non-hydrogen) atoms. The number of fused-ring (bicyclic) bond motifs is 1. The van der Waals surface area contributed by atoms with E-state index in [4.69, 9.17) is 61.6 Å². The molecule has 0 spiro atoms. The highest BCUT2D eigenvalue weighted by Crippen LogP contribution is 2.46. The molecule has 0 aromatic carbocycles. The van der Waals surface area contributed by atoms with Crippen LogP contribution in [0.25, 0.3) is 0 Å². The second kappa shape index (κ2) is 31.7. The zero-order valence-corrected chi connectivity index (χ0v) is 50.1. The number of aliphatic hydroxyl groups is 15. The first-order valence-corrected chi connectivity index (χ1v) is 31.2. The van der Waals surface area contributed by atoms with Crippen LogP contribution in [0.1, 0.15) is 90.4 Å². The smallest absolute Gasteiger partial charge is 0.330 e. The van der Waals surface area contributed by atoms with Crippen molar-refractivity contribution in [1.29, 1.82) is 0 Å². The minimum absolute atomic E-state index is 0.00674. The summed E-state index contributed by atoms with van der Waals surface area (Å²) in [4.78, 5) is 25.6. The van der Waals surface area contributed by atoms with E-state index in [1.165, 1.54) is 33.3 Å². The molecular formula is C59H94O30. The third-order valence-electron chi connectivity index (χ3n) is 19.5. The Morgan fingerprint density at radius 1 is 0.461 bits per heavy atom. The number of carbonyl (C=O) groups is 2. The SMILES string of the molecule is COC1CC(C2OC3CC(O)CC(O[C@H]4O[C@@H](CO)[C@H](O)[C@@H](O)[C@H]4O)C3CC2O[C@H]2O[C@@H](CO[C@H]3O[C@H](C)[C@H](OC(=O)C=CC4CCC(O[C@H]5O[C@@H](COC(=O)C=CC6CCC(O)CC6)[C@H](O)[C@@H](O)[C@@H]5O)CC4)[C@@H](O)[C@@H]3O)[C@H](O)[C@@H](O)[C@@H]2O)CC(OC)C1O. The number of hydrogen-bond acceptors (Lipinski definition) is 30. The predicted octanol–water partition coefficient (Wildman–Crippen LogP) is -4.92. The molecule has 9 rings (SSSR count). The molecule has 9 aliphatic rings. The highest BCUT2D eigenvalue weighted by molar-refractivity contribution is 5.82. The van der Waals surface area contributed by atoms with Gasteiger partial charge in [0.15, 0.2) is 31.3 Å². The Hall–Kier alpha value is -2.62. The van der Waals surface area contributed by atoms with E-state index >= 15 is 0 Å². The van der Waals surface area contributed by atoms with Crippen LogP contribution in [0.15, 0.2) is 24.3 Å². The summed E-state index contributed by atoms with van der Waals surface area (Å²) in [6.45, 7) is -0.286. The lowest BCUT2D eigenvalue weighted by atomic mass is 9.72. The number of aliphatic hydroxyl groups excluding tert-OH is 15. The van der Waals surface area contributed by atoms with Gasteiger partial charge in [-0.25, -0.2) is 9.59 Å². The first-order chi connectivity index (χ1) is 42.5. The summed E-state index contributed by atoms with van der Waals surface area (Å²) in [5, 5.41) is 162. The number of methoxy groups -OCH3 is 2. The third-order valence-corrected chi connectivity index (χ3v) is 19.5. The molecule has 0 radical (unpaired) electrons. The standard InChI is InChI=1S/C59H94O30/c1-24-54(89-41(64)15-9-26-6-12-30(13-7-26)82-57-50(73)47(70)44(67)38(87-57)22-79-40(63)14-8-25-4-10-28(61)11-5-25)49(72)53(76)56(81-24)80-23-39-45(68)48(71)52(75)59(88-39)85-36-20-31-32(83-55(36)27-16-34(77-2)42(65)35(17-27)78-3)18-29(62)19-33(31)84-58-51(74)46(69)43(66)37(21-60)86-58/h8-9,14-15,24-39,42-62,65-76H,4-7,10-13,16-23H2,1-3H3/t24-,25?,26?,27?,28?,29?,30?,31?,32?,33?,34?,35?,36?,37+,38+,39+,42?,43+,44+,45+,46-,47-,48-,49+,50+,51-,52+,53+,54+,55?,56+,57+,58+,59+/m1/s1. The van der Waals surface area contributed by atoms with Crippen LogP contribution in [0, 0.1) is 23.7 Å². The molecule has 0 aromatic rings. The van der Waals surface area contributed by atoms with Crippen LogP contribution in [0.2, 0.25) is 0 Å². The highest BCUT2D eigenvalue weighted by Gasteiger charge is 2.56.